The number of piperazine rings is 1. The molecular weight excluding hydrogens is 467 g/mol. The molecule has 1 saturated heterocycles. The van der Waals surface area contributed by atoms with Crippen molar-refractivity contribution in [1.82, 2.24) is 14.0 Å². The summed E-state index contributed by atoms with van der Waals surface area (Å²) in [5.41, 5.74) is 4.99. The SMILES string of the molecule is Cc1ccccc1-n1c(-c2ccc(Cl)cc2)cn(CN2CCN(c3ccccc3F)CC2)c1=S. The van der Waals surface area contributed by atoms with Crippen LogP contribution >= 0.6 is 23.8 Å². The van der Waals surface area contributed by atoms with E-state index < -0.39 is 0 Å². The van der Waals surface area contributed by atoms with Crippen LogP contribution in [-0.2, 0) is 6.67 Å². The van der Waals surface area contributed by atoms with Crippen molar-refractivity contribution in [2.75, 3.05) is 31.1 Å². The first-order chi connectivity index (χ1) is 16.5. The van der Waals surface area contributed by atoms with E-state index in [1.54, 1.807) is 6.07 Å². The van der Waals surface area contributed by atoms with Crippen LogP contribution in [0.1, 0.15) is 5.56 Å². The van der Waals surface area contributed by atoms with Gasteiger partial charge in [-0.25, -0.2) is 4.39 Å². The van der Waals surface area contributed by atoms with Gasteiger partial charge in [0, 0.05) is 43.0 Å². The molecule has 0 bridgehead atoms. The van der Waals surface area contributed by atoms with Gasteiger partial charge in [0.05, 0.1) is 23.7 Å². The zero-order valence-electron chi connectivity index (χ0n) is 19.0. The molecule has 0 N–H and O–H groups in total. The molecule has 1 fully saturated rings. The Morgan fingerprint density at radius 2 is 1.50 bits per heavy atom. The normalized spacial score (nSPS) is 14.5. The summed E-state index contributed by atoms with van der Waals surface area (Å²) >= 11 is 12.1. The Bertz CT molecular complexity index is 1350. The number of anilines is 1. The van der Waals surface area contributed by atoms with E-state index in [9.17, 15) is 4.39 Å². The third-order valence-corrected chi connectivity index (χ3v) is 7.04. The van der Waals surface area contributed by atoms with E-state index >= 15 is 0 Å². The number of rotatable bonds is 5. The molecule has 1 aromatic heterocycles. The number of benzene rings is 3. The van der Waals surface area contributed by atoms with E-state index in [0.717, 1.165) is 53.5 Å². The van der Waals surface area contributed by atoms with Crippen molar-refractivity contribution in [2.24, 2.45) is 0 Å². The van der Waals surface area contributed by atoms with Crippen LogP contribution in [0.15, 0.2) is 79.0 Å². The Kier molecular flexibility index (Phi) is 6.55. The minimum absolute atomic E-state index is 0.166. The van der Waals surface area contributed by atoms with Crippen LogP contribution < -0.4 is 4.90 Å². The van der Waals surface area contributed by atoms with Crippen LogP contribution in [0.3, 0.4) is 0 Å². The highest BCUT2D eigenvalue weighted by molar-refractivity contribution is 7.71. The number of nitrogens with zero attached hydrogens (tertiary/aromatic N) is 4. The molecule has 7 heteroatoms. The summed E-state index contributed by atoms with van der Waals surface area (Å²) in [6, 6.07) is 23.1. The van der Waals surface area contributed by atoms with Crippen molar-refractivity contribution in [2.45, 2.75) is 13.6 Å². The maximum absolute atomic E-state index is 14.2. The summed E-state index contributed by atoms with van der Waals surface area (Å²) in [6.45, 7) is 6.00. The molecule has 2 heterocycles. The Morgan fingerprint density at radius 1 is 0.853 bits per heavy atom. The number of imidazole rings is 1. The smallest absolute Gasteiger partial charge is 0.186 e. The highest BCUT2D eigenvalue weighted by Crippen LogP contribution is 2.28. The lowest BCUT2D eigenvalue weighted by Gasteiger charge is -2.36. The standard InChI is InChI=1S/C27H26ClFN4S/c1-20-6-2-4-8-24(20)33-26(21-10-12-22(28)13-11-21)18-32(27(33)34)19-30-14-16-31(17-15-30)25-9-5-3-7-23(25)29/h2-13,18H,14-17,19H2,1H3. The third kappa shape index (κ3) is 4.53. The number of aryl methyl sites for hydroxylation is 1. The third-order valence-electron chi connectivity index (χ3n) is 6.37. The maximum atomic E-state index is 14.2. The second-order valence-electron chi connectivity index (χ2n) is 8.59. The van der Waals surface area contributed by atoms with Gasteiger partial charge in [0.2, 0.25) is 0 Å². The summed E-state index contributed by atoms with van der Waals surface area (Å²) in [5, 5.41) is 0.706. The molecular formula is C27H26ClFN4S. The molecule has 0 atom stereocenters. The number of hydrogen-bond acceptors (Lipinski definition) is 3. The van der Waals surface area contributed by atoms with E-state index in [1.807, 2.05) is 48.5 Å². The van der Waals surface area contributed by atoms with Gasteiger partial charge in [-0.15, -0.1) is 0 Å². The molecule has 0 aliphatic carbocycles. The van der Waals surface area contributed by atoms with Gasteiger partial charge in [-0.3, -0.25) is 9.47 Å². The monoisotopic (exact) mass is 492 g/mol. The van der Waals surface area contributed by atoms with E-state index in [-0.39, 0.29) is 5.82 Å². The summed E-state index contributed by atoms with van der Waals surface area (Å²) in [4.78, 5) is 4.48. The Labute approximate surface area is 209 Å². The minimum Gasteiger partial charge on any atom is -0.367 e. The van der Waals surface area contributed by atoms with Gasteiger partial charge in [0.15, 0.2) is 4.77 Å². The molecule has 0 spiro atoms. The van der Waals surface area contributed by atoms with Gasteiger partial charge in [-0.1, -0.05) is 54.1 Å². The van der Waals surface area contributed by atoms with Crippen molar-refractivity contribution >= 4 is 29.5 Å². The molecule has 0 amide bonds. The van der Waals surface area contributed by atoms with Crippen LogP contribution in [0.4, 0.5) is 10.1 Å². The van der Waals surface area contributed by atoms with Crippen molar-refractivity contribution in [3.8, 4) is 16.9 Å². The van der Waals surface area contributed by atoms with E-state index in [0.29, 0.717) is 17.4 Å². The van der Waals surface area contributed by atoms with Crippen LogP contribution in [0.2, 0.25) is 5.02 Å². The molecule has 4 nitrogen and oxygen atoms in total. The second-order valence-corrected chi connectivity index (χ2v) is 9.39. The summed E-state index contributed by atoms with van der Waals surface area (Å²) in [7, 11) is 0. The lowest BCUT2D eigenvalue weighted by Crippen LogP contribution is -2.47. The number of hydrogen-bond donors (Lipinski definition) is 0. The predicted octanol–water partition coefficient (Wildman–Crippen LogP) is 6.56. The molecule has 3 aromatic carbocycles. The zero-order chi connectivity index (χ0) is 23.7. The van der Waals surface area contributed by atoms with Crippen molar-refractivity contribution in [3.63, 3.8) is 0 Å². The predicted molar refractivity (Wildman–Crippen MR) is 140 cm³/mol. The average Bonchev–Trinajstić information content (AvgIpc) is 3.16. The minimum atomic E-state index is -0.166. The molecule has 1 aliphatic heterocycles. The molecule has 0 saturated carbocycles. The van der Waals surface area contributed by atoms with Crippen LogP contribution in [-0.4, -0.2) is 40.2 Å². The molecule has 0 radical (unpaired) electrons. The molecule has 34 heavy (non-hydrogen) atoms. The first-order valence-electron chi connectivity index (χ1n) is 11.4. The fourth-order valence-corrected chi connectivity index (χ4v) is 4.95. The van der Waals surface area contributed by atoms with E-state index in [1.165, 1.54) is 6.07 Å². The first kappa shape index (κ1) is 22.8. The number of aromatic nitrogens is 2. The van der Waals surface area contributed by atoms with Gasteiger partial charge < -0.3 is 9.47 Å². The van der Waals surface area contributed by atoms with Crippen LogP contribution in [0.5, 0.6) is 0 Å². The van der Waals surface area contributed by atoms with Crippen LogP contribution in [0, 0.1) is 17.5 Å². The lowest BCUT2D eigenvalue weighted by molar-refractivity contribution is 0.204. The van der Waals surface area contributed by atoms with Gasteiger partial charge in [0.1, 0.15) is 5.82 Å². The first-order valence-corrected chi connectivity index (χ1v) is 12.2. The van der Waals surface area contributed by atoms with Gasteiger partial charge in [0.25, 0.3) is 0 Å². The molecule has 4 aromatic rings. The quantitative estimate of drug-likeness (QED) is 0.294. The summed E-state index contributed by atoms with van der Waals surface area (Å²) in [6.07, 6.45) is 2.13. The molecule has 1 aliphatic rings. The average molecular weight is 493 g/mol. The Balaban J connectivity index is 1.43. The molecule has 174 valence electrons. The van der Waals surface area contributed by atoms with Crippen molar-refractivity contribution in [3.05, 3.63) is 100 Å². The van der Waals surface area contributed by atoms with Crippen molar-refractivity contribution in [1.29, 1.82) is 0 Å². The molecule has 0 unspecified atom stereocenters. The van der Waals surface area contributed by atoms with Gasteiger partial charge in [-0.05, 0) is 55.0 Å². The van der Waals surface area contributed by atoms with E-state index in [2.05, 4.69) is 44.2 Å². The van der Waals surface area contributed by atoms with Crippen molar-refractivity contribution < 1.29 is 4.39 Å². The highest BCUT2D eigenvalue weighted by Gasteiger charge is 2.21. The highest BCUT2D eigenvalue weighted by atomic mass is 35.5. The fraction of sp³-hybridized carbons (Fsp3) is 0.222. The second kappa shape index (κ2) is 9.74. The maximum Gasteiger partial charge on any atom is 0.186 e. The Hall–Kier alpha value is -2.93. The number of para-hydroxylation sites is 2. The van der Waals surface area contributed by atoms with E-state index in [4.69, 9.17) is 23.8 Å². The largest absolute Gasteiger partial charge is 0.367 e. The summed E-state index contributed by atoms with van der Waals surface area (Å²) in [5.74, 6) is -0.166. The fourth-order valence-electron chi connectivity index (χ4n) is 4.52. The zero-order valence-corrected chi connectivity index (χ0v) is 20.6. The van der Waals surface area contributed by atoms with Gasteiger partial charge >= 0.3 is 0 Å². The Morgan fingerprint density at radius 3 is 2.18 bits per heavy atom. The molecule has 5 rings (SSSR count). The van der Waals surface area contributed by atoms with Crippen LogP contribution in [0.25, 0.3) is 16.9 Å². The summed E-state index contributed by atoms with van der Waals surface area (Å²) < 4.78 is 19.2. The topological polar surface area (TPSA) is 16.3 Å². The lowest BCUT2D eigenvalue weighted by atomic mass is 10.1. The number of halogens is 2. The van der Waals surface area contributed by atoms with Gasteiger partial charge in [-0.2, -0.15) is 0 Å².